The van der Waals surface area contributed by atoms with Gasteiger partial charge in [-0.25, -0.2) is 0 Å². The Labute approximate surface area is 139 Å². The molecule has 0 saturated carbocycles. The van der Waals surface area contributed by atoms with Gasteiger partial charge in [0, 0.05) is 12.1 Å². The van der Waals surface area contributed by atoms with Crippen LogP contribution in [0.25, 0.3) is 0 Å². The number of anilines is 1. The van der Waals surface area contributed by atoms with Crippen LogP contribution >= 0.6 is 0 Å². The van der Waals surface area contributed by atoms with Crippen LogP contribution in [-0.4, -0.2) is 5.91 Å². The molecule has 0 spiro atoms. The molecule has 2 rings (SSSR count). The summed E-state index contributed by atoms with van der Waals surface area (Å²) in [5.74, 6) is 0.476. The molecule has 2 nitrogen and oxygen atoms in total. The van der Waals surface area contributed by atoms with Gasteiger partial charge in [-0.2, -0.15) is 0 Å². The van der Waals surface area contributed by atoms with Crippen molar-refractivity contribution in [1.82, 2.24) is 0 Å². The lowest BCUT2D eigenvalue weighted by molar-refractivity contribution is -0.116. The van der Waals surface area contributed by atoms with Gasteiger partial charge in [-0.3, -0.25) is 4.79 Å². The van der Waals surface area contributed by atoms with Crippen LogP contribution < -0.4 is 5.32 Å². The van der Waals surface area contributed by atoms with E-state index in [0.717, 1.165) is 17.7 Å². The maximum Gasteiger partial charge on any atom is 0.224 e. The first-order valence-electron chi connectivity index (χ1n) is 8.34. The first-order valence-corrected chi connectivity index (χ1v) is 8.34. The van der Waals surface area contributed by atoms with Gasteiger partial charge in [-0.05, 0) is 60.9 Å². The van der Waals surface area contributed by atoms with E-state index in [1.807, 2.05) is 13.0 Å². The minimum Gasteiger partial charge on any atom is -0.326 e. The van der Waals surface area contributed by atoms with Crippen LogP contribution in [0, 0.1) is 20.8 Å². The molecule has 0 atom stereocenters. The van der Waals surface area contributed by atoms with E-state index in [4.69, 9.17) is 0 Å². The first kappa shape index (κ1) is 17.3. The van der Waals surface area contributed by atoms with E-state index < -0.39 is 0 Å². The van der Waals surface area contributed by atoms with Crippen molar-refractivity contribution in [2.75, 3.05) is 5.32 Å². The summed E-state index contributed by atoms with van der Waals surface area (Å²) in [6.07, 6.45) is 1.28. The predicted octanol–water partition coefficient (Wildman–Crippen LogP) is 5.31. The fourth-order valence-electron chi connectivity index (χ4n) is 2.76. The van der Waals surface area contributed by atoms with Crippen LogP contribution in [0.1, 0.15) is 54.0 Å². The summed E-state index contributed by atoms with van der Waals surface area (Å²) in [6.45, 7) is 10.6. The number of benzene rings is 2. The molecule has 0 aromatic heterocycles. The summed E-state index contributed by atoms with van der Waals surface area (Å²) in [6, 6.07) is 12.6. The second kappa shape index (κ2) is 7.45. The first-order chi connectivity index (χ1) is 10.9. The zero-order chi connectivity index (χ0) is 17.0. The van der Waals surface area contributed by atoms with Crippen LogP contribution in [0.5, 0.6) is 0 Å². The van der Waals surface area contributed by atoms with Crippen molar-refractivity contribution in [3.8, 4) is 0 Å². The van der Waals surface area contributed by atoms with Gasteiger partial charge in [0.1, 0.15) is 0 Å². The Morgan fingerprint density at radius 2 is 1.74 bits per heavy atom. The Morgan fingerprint density at radius 3 is 2.39 bits per heavy atom. The highest BCUT2D eigenvalue weighted by Crippen LogP contribution is 2.27. The van der Waals surface area contributed by atoms with E-state index in [0.29, 0.717) is 12.3 Å². The number of hydrogen-bond donors (Lipinski definition) is 1. The zero-order valence-electron chi connectivity index (χ0n) is 14.9. The number of nitrogens with one attached hydrogen (secondary N) is 1. The van der Waals surface area contributed by atoms with Gasteiger partial charge in [-0.1, -0.05) is 50.2 Å². The number of hydrogen-bond acceptors (Lipinski definition) is 1. The number of carbonyl (C=O) groups is 1. The van der Waals surface area contributed by atoms with Crippen molar-refractivity contribution in [2.45, 2.75) is 53.4 Å². The molecule has 2 aromatic rings. The van der Waals surface area contributed by atoms with Gasteiger partial charge in [0.25, 0.3) is 0 Å². The molecule has 0 heterocycles. The van der Waals surface area contributed by atoms with Crippen molar-refractivity contribution >= 4 is 11.6 Å². The summed E-state index contributed by atoms with van der Waals surface area (Å²) >= 11 is 0. The maximum absolute atomic E-state index is 12.4. The van der Waals surface area contributed by atoms with Crippen molar-refractivity contribution in [2.24, 2.45) is 0 Å². The molecule has 0 unspecified atom stereocenters. The van der Waals surface area contributed by atoms with E-state index >= 15 is 0 Å². The minimum atomic E-state index is 0.0828. The topological polar surface area (TPSA) is 29.1 Å². The van der Waals surface area contributed by atoms with E-state index in [1.165, 1.54) is 22.3 Å². The molecule has 0 saturated heterocycles. The summed E-state index contributed by atoms with van der Waals surface area (Å²) in [7, 11) is 0. The Balaban J connectivity index is 2.04. The van der Waals surface area contributed by atoms with Gasteiger partial charge in [0.2, 0.25) is 5.91 Å². The second-order valence-electron chi connectivity index (χ2n) is 6.66. The smallest absolute Gasteiger partial charge is 0.224 e. The zero-order valence-corrected chi connectivity index (χ0v) is 14.9. The quantitative estimate of drug-likeness (QED) is 0.797. The molecule has 2 aromatic carbocycles. The molecule has 2 heteroatoms. The lowest BCUT2D eigenvalue weighted by Gasteiger charge is -2.16. The largest absolute Gasteiger partial charge is 0.326 e. The maximum atomic E-state index is 12.4. The van der Waals surface area contributed by atoms with Crippen molar-refractivity contribution in [3.05, 3.63) is 64.2 Å². The normalized spacial score (nSPS) is 10.9. The summed E-state index contributed by atoms with van der Waals surface area (Å²) in [4.78, 5) is 12.4. The van der Waals surface area contributed by atoms with Gasteiger partial charge in [0.05, 0.1) is 0 Å². The molecule has 0 aliphatic rings. The molecule has 0 aliphatic carbocycles. The summed E-state index contributed by atoms with van der Waals surface area (Å²) < 4.78 is 0. The van der Waals surface area contributed by atoms with E-state index in [-0.39, 0.29) is 5.91 Å². The molecule has 1 amide bonds. The lowest BCUT2D eigenvalue weighted by Crippen LogP contribution is -2.15. The van der Waals surface area contributed by atoms with Gasteiger partial charge < -0.3 is 5.32 Å². The van der Waals surface area contributed by atoms with Crippen LogP contribution in [0.4, 0.5) is 5.69 Å². The fourth-order valence-corrected chi connectivity index (χ4v) is 2.76. The highest BCUT2D eigenvalue weighted by molar-refractivity contribution is 5.92. The van der Waals surface area contributed by atoms with E-state index in [1.54, 1.807) is 0 Å². The van der Waals surface area contributed by atoms with Crippen molar-refractivity contribution in [3.63, 3.8) is 0 Å². The Hall–Kier alpha value is -2.09. The molecule has 0 aliphatic heterocycles. The van der Waals surface area contributed by atoms with Crippen LogP contribution in [0.15, 0.2) is 36.4 Å². The van der Waals surface area contributed by atoms with Gasteiger partial charge in [0.15, 0.2) is 0 Å². The molecular formula is C21H27NO. The number of carbonyl (C=O) groups excluding carboxylic acids is 1. The molecule has 122 valence electrons. The van der Waals surface area contributed by atoms with Gasteiger partial charge >= 0.3 is 0 Å². The number of rotatable bonds is 5. The second-order valence-corrected chi connectivity index (χ2v) is 6.66. The minimum absolute atomic E-state index is 0.0828. The monoisotopic (exact) mass is 309 g/mol. The molecule has 0 fully saturated rings. The third-order valence-electron chi connectivity index (χ3n) is 4.40. The SMILES string of the molecule is Cc1ccc(CCC(=O)Nc2c(C)cccc2C(C)C)cc1C. The van der Waals surface area contributed by atoms with E-state index in [9.17, 15) is 4.79 Å². The Morgan fingerprint density at radius 1 is 1.00 bits per heavy atom. The van der Waals surface area contributed by atoms with Crippen molar-refractivity contribution < 1.29 is 4.79 Å². The van der Waals surface area contributed by atoms with Crippen molar-refractivity contribution in [1.29, 1.82) is 0 Å². The van der Waals surface area contributed by atoms with Crippen LogP contribution in [-0.2, 0) is 11.2 Å². The van der Waals surface area contributed by atoms with Crippen LogP contribution in [0.2, 0.25) is 0 Å². The standard InChI is InChI=1S/C21H27NO/c1-14(2)19-8-6-7-16(4)21(19)22-20(23)12-11-18-10-9-15(3)17(5)13-18/h6-10,13-14H,11-12H2,1-5H3,(H,22,23). The lowest BCUT2D eigenvalue weighted by atomic mass is 9.98. The molecule has 0 bridgehead atoms. The summed E-state index contributed by atoms with van der Waals surface area (Å²) in [5.41, 5.74) is 7.09. The number of aryl methyl sites for hydroxylation is 4. The fraction of sp³-hybridized carbons (Fsp3) is 0.381. The molecule has 0 radical (unpaired) electrons. The Bertz CT molecular complexity index is 701. The molecular weight excluding hydrogens is 282 g/mol. The average molecular weight is 309 g/mol. The predicted molar refractivity (Wildman–Crippen MR) is 98.1 cm³/mol. The third-order valence-corrected chi connectivity index (χ3v) is 4.40. The highest BCUT2D eigenvalue weighted by Gasteiger charge is 2.12. The molecule has 23 heavy (non-hydrogen) atoms. The van der Waals surface area contributed by atoms with E-state index in [2.05, 4.69) is 63.3 Å². The average Bonchev–Trinajstić information content (AvgIpc) is 2.50. The third kappa shape index (κ3) is 4.44. The molecule has 1 N–H and O–H groups in total. The summed E-state index contributed by atoms with van der Waals surface area (Å²) in [5, 5.41) is 3.12. The number of amides is 1. The number of para-hydroxylation sites is 1. The highest BCUT2D eigenvalue weighted by atomic mass is 16.1. The van der Waals surface area contributed by atoms with Crippen LogP contribution in [0.3, 0.4) is 0 Å². The van der Waals surface area contributed by atoms with Gasteiger partial charge in [-0.15, -0.1) is 0 Å². The Kier molecular flexibility index (Phi) is 5.59.